The molecule has 0 saturated carbocycles. The molecule has 2 N–H and O–H groups in total. The fraction of sp³-hybridized carbons (Fsp3) is 0.357. The molecule has 0 saturated heterocycles. The van der Waals surface area contributed by atoms with Gasteiger partial charge in [-0.3, -0.25) is 10.1 Å². The number of hydrogen-bond acceptors (Lipinski definition) is 6. The summed E-state index contributed by atoms with van der Waals surface area (Å²) in [5, 5.41) is 15.1. The number of carbonyl (C=O) groups excluding carboxylic acids is 1. The van der Waals surface area contributed by atoms with Crippen molar-refractivity contribution in [1.29, 1.82) is 0 Å². The van der Waals surface area contributed by atoms with Crippen molar-refractivity contribution >= 4 is 28.1 Å². The van der Waals surface area contributed by atoms with Crippen LogP contribution in [0.1, 0.15) is 18.4 Å². The van der Waals surface area contributed by atoms with Gasteiger partial charge in [-0.15, -0.1) is 10.2 Å². The Morgan fingerprint density at radius 2 is 2.05 bits per heavy atom. The number of carbonyl (C=O) groups is 1. The maximum Gasteiger partial charge on any atom is 0.248 e. The van der Waals surface area contributed by atoms with E-state index in [0.717, 1.165) is 16.4 Å². The molecule has 1 aromatic heterocycles. The number of methoxy groups -OCH3 is 1. The number of nitrogens with one attached hydrogen (secondary N) is 2. The molecular weight excluding hydrogens is 288 g/mol. The lowest BCUT2D eigenvalue weighted by Crippen LogP contribution is -2.34. The molecule has 0 bridgehead atoms. The van der Waals surface area contributed by atoms with Gasteiger partial charge in [0.1, 0.15) is 16.8 Å². The number of hydrogen-bond donors (Lipinski definition) is 2. The Morgan fingerprint density at radius 3 is 2.57 bits per heavy atom. The van der Waals surface area contributed by atoms with E-state index in [2.05, 4.69) is 20.8 Å². The van der Waals surface area contributed by atoms with Gasteiger partial charge in [0.05, 0.1) is 7.11 Å². The molecule has 2 rings (SSSR count). The second-order valence-corrected chi connectivity index (χ2v) is 5.63. The van der Waals surface area contributed by atoms with Crippen molar-refractivity contribution in [3.8, 4) is 5.75 Å². The Labute approximate surface area is 127 Å². The first-order valence-corrected chi connectivity index (χ1v) is 7.45. The van der Waals surface area contributed by atoms with E-state index in [9.17, 15) is 4.79 Å². The molecule has 7 heteroatoms. The van der Waals surface area contributed by atoms with E-state index >= 15 is 0 Å². The predicted octanol–water partition coefficient (Wildman–Crippen LogP) is 2.68. The molecule has 1 atom stereocenters. The highest BCUT2D eigenvalue weighted by Gasteiger charge is 2.17. The molecule has 0 aliphatic rings. The summed E-state index contributed by atoms with van der Waals surface area (Å²) < 4.78 is 5.11. The maximum absolute atomic E-state index is 12.2. The van der Waals surface area contributed by atoms with Crippen LogP contribution in [0.4, 0.5) is 10.8 Å². The maximum atomic E-state index is 12.2. The van der Waals surface area contributed by atoms with E-state index in [4.69, 9.17) is 4.74 Å². The highest BCUT2D eigenvalue weighted by atomic mass is 32.1. The summed E-state index contributed by atoms with van der Waals surface area (Å²) in [6, 6.07) is 7.12. The van der Waals surface area contributed by atoms with Gasteiger partial charge in [-0.1, -0.05) is 18.3 Å². The van der Waals surface area contributed by atoms with Gasteiger partial charge in [0, 0.05) is 5.69 Å². The summed E-state index contributed by atoms with van der Waals surface area (Å²) in [6.45, 7) is 3.80. The molecule has 0 unspecified atom stereocenters. The number of aromatic nitrogens is 2. The average Bonchev–Trinajstić information content (AvgIpc) is 2.90. The molecular formula is C14H18N4O2S. The van der Waals surface area contributed by atoms with Crippen LogP contribution in [0.2, 0.25) is 0 Å². The molecule has 6 nitrogen and oxygen atoms in total. The summed E-state index contributed by atoms with van der Waals surface area (Å²) in [7, 11) is 1.62. The van der Waals surface area contributed by atoms with Crippen molar-refractivity contribution in [2.45, 2.75) is 26.3 Å². The third kappa shape index (κ3) is 4.16. The Morgan fingerprint density at radius 1 is 1.33 bits per heavy atom. The molecule has 0 aliphatic carbocycles. The smallest absolute Gasteiger partial charge is 0.248 e. The zero-order chi connectivity index (χ0) is 15.2. The van der Waals surface area contributed by atoms with Gasteiger partial charge >= 0.3 is 0 Å². The molecule has 2 aromatic rings. The van der Waals surface area contributed by atoms with Crippen LogP contribution in [-0.2, 0) is 4.79 Å². The first-order valence-electron chi connectivity index (χ1n) is 6.64. The fourth-order valence-corrected chi connectivity index (χ4v) is 2.38. The first-order chi connectivity index (χ1) is 10.1. The normalized spacial score (nSPS) is 11.8. The predicted molar refractivity (Wildman–Crippen MR) is 84.0 cm³/mol. The van der Waals surface area contributed by atoms with Gasteiger partial charge in [0.2, 0.25) is 11.0 Å². The highest BCUT2D eigenvalue weighted by molar-refractivity contribution is 7.15. The van der Waals surface area contributed by atoms with Crippen LogP contribution < -0.4 is 15.4 Å². The largest absolute Gasteiger partial charge is 0.497 e. The number of amides is 1. The zero-order valence-corrected chi connectivity index (χ0v) is 13.0. The molecule has 112 valence electrons. The van der Waals surface area contributed by atoms with Gasteiger partial charge in [0.15, 0.2) is 0 Å². The monoisotopic (exact) mass is 306 g/mol. The molecule has 1 heterocycles. The van der Waals surface area contributed by atoms with E-state index in [1.807, 2.05) is 38.1 Å². The number of rotatable bonds is 6. The van der Waals surface area contributed by atoms with Gasteiger partial charge < -0.3 is 10.1 Å². The van der Waals surface area contributed by atoms with Crippen LogP contribution in [0.15, 0.2) is 24.3 Å². The van der Waals surface area contributed by atoms with Crippen LogP contribution in [-0.4, -0.2) is 29.3 Å². The summed E-state index contributed by atoms with van der Waals surface area (Å²) in [5.74, 6) is 0.659. The number of benzene rings is 1. The Kier molecular flexibility index (Phi) is 5.10. The Balaban J connectivity index is 1.99. The van der Waals surface area contributed by atoms with Crippen molar-refractivity contribution in [2.24, 2.45) is 0 Å². The van der Waals surface area contributed by atoms with E-state index < -0.39 is 0 Å². The van der Waals surface area contributed by atoms with Gasteiger partial charge in [0.25, 0.3) is 0 Å². The Bertz CT molecular complexity index is 597. The third-order valence-electron chi connectivity index (χ3n) is 2.91. The molecule has 1 amide bonds. The van der Waals surface area contributed by atoms with Crippen molar-refractivity contribution in [1.82, 2.24) is 10.2 Å². The molecule has 0 fully saturated rings. The summed E-state index contributed by atoms with van der Waals surface area (Å²) >= 11 is 1.36. The minimum atomic E-state index is -0.331. The van der Waals surface area contributed by atoms with Gasteiger partial charge in [-0.05, 0) is 37.6 Å². The van der Waals surface area contributed by atoms with E-state index in [1.165, 1.54) is 11.3 Å². The quantitative estimate of drug-likeness (QED) is 0.858. The van der Waals surface area contributed by atoms with E-state index in [-0.39, 0.29) is 11.9 Å². The SMILES string of the molecule is CC[C@@H](Nc1ccc(OC)cc1)C(=O)Nc1nnc(C)s1. The molecule has 0 radical (unpaired) electrons. The van der Waals surface area contributed by atoms with Gasteiger partial charge in [-0.2, -0.15) is 0 Å². The van der Waals surface area contributed by atoms with E-state index in [1.54, 1.807) is 7.11 Å². The third-order valence-corrected chi connectivity index (χ3v) is 3.67. The van der Waals surface area contributed by atoms with Crippen LogP contribution >= 0.6 is 11.3 Å². The van der Waals surface area contributed by atoms with Crippen molar-refractivity contribution in [3.05, 3.63) is 29.3 Å². The minimum absolute atomic E-state index is 0.121. The lowest BCUT2D eigenvalue weighted by atomic mass is 10.2. The van der Waals surface area contributed by atoms with Crippen molar-refractivity contribution in [2.75, 3.05) is 17.7 Å². The molecule has 1 aromatic carbocycles. The minimum Gasteiger partial charge on any atom is -0.497 e. The van der Waals surface area contributed by atoms with Crippen LogP contribution in [0, 0.1) is 6.92 Å². The standard InChI is InChI=1S/C14H18N4O2S/c1-4-12(13(19)16-14-18-17-9(2)21-14)15-10-5-7-11(20-3)8-6-10/h5-8,12,15H,4H2,1-3H3,(H,16,18,19)/t12-/m1/s1. The van der Waals surface area contributed by atoms with Crippen LogP contribution in [0.5, 0.6) is 5.75 Å². The van der Waals surface area contributed by atoms with Crippen LogP contribution in [0.25, 0.3) is 0 Å². The van der Waals surface area contributed by atoms with E-state index in [0.29, 0.717) is 11.6 Å². The zero-order valence-electron chi connectivity index (χ0n) is 12.2. The summed E-state index contributed by atoms with van der Waals surface area (Å²) in [4.78, 5) is 12.2. The summed E-state index contributed by atoms with van der Waals surface area (Å²) in [6.07, 6.45) is 0.662. The number of aryl methyl sites for hydroxylation is 1. The number of nitrogens with zero attached hydrogens (tertiary/aromatic N) is 2. The number of anilines is 2. The van der Waals surface area contributed by atoms with Crippen molar-refractivity contribution < 1.29 is 9.53 Å². The second kappa shape index (κ2) is 7.03. The lowest BCUT2D eigenvalue weighted by Gasteiger charge is -2.17. The second-order valence-electron chi connectivity index (χ2n) is 4.45. The molecule has 0 spiro atoms. The highest BCUT2D eigenvalue weighted by Crippen LogP contribution is 2.18. The average molecular weight is 306 g/mol. The number of ether oxygens (including phenoxy) is 1. The molecule has 0 aliphatic heterocycles. The van der Waals surface area contributed by atoms with Gasteiger partial charge in [-0.25, -0.2) is 0 Å². The molecule has 21 heavy (non-hydrogen) atoms. The van der Waals surface area contributed by atoms with Crippen molar-refractivity contribution in [3.63, 3.8) is 0 Å². The summed E-state index contributed by atoms with van der Waals surface area (Å²) in [5.41, 5.74) is 0.867. The fourth-order valence-electron chi connectivity index (χ4n) is 1.78. The Hall–Kier alpha value is -2.15. The lowest BCUT2D eigenvalue weighted by molar-refractivity contribution is -0.117. The topological polar surface area (TPSA) is 76.1 Å². The van der Waals surface area contributed by atoms with Crippen LogP contribution in [0.3, 0.4) is 0 Å². The first kappa shape index (κ1) is 15.2.